The van der Waals surface area contributed by atoms with E-state index in [0.29, 0.717) is 0 Å². The normalized spacial score (nSPS) is 21.6. The van der Waals surface area contributed by atoms with Crippen LogP contribution in [-0.2, 0) is 17.1 Å². The van der Waals surface area contributed by atoms with E-state index >= 15 is 0 Å². The molecule has 0 saturated carbocycles. The maximum absolute atomic E-state index is 3.41. The van der Waals surface area contributed by atoms with Gasteiger partial charge in [-0.25, -0.2) is 0 Å². The van der Waals surface area contributed by atoms with E-state index < -0.39 is 0 Å². The van der Waals surface area contributed by atoms with E-state index in [4.69, 9.17) is 0 Å². The Morgan fingerprint density at radius 2 is 0.400 bits per heavy atom. The average Bonchev–Trinajstić information content (AvgIpc) is 2.39. The molecule has 0 amide bonds. The molecule has 20 heavy (non-hydrogen) atoms. The first-order chi connectivity index (χ1) is 9.00. The molecule has 1 fully saturated rings. The van der Waals surface area contributed by atoms with Crippen molar-refractivity contribution in [2.45, 2.75) is 0 Å². The Labute approximate surface area is 140 Å². The standard InChI is InChI=1S/C12H30N6.ClH.Cu/c1-2-14-5-6-16-9-10-18-12-11-17-8-7-15-4-3-13-1;;/h13-18H,1-12H2;1H;/q;;+1/p-1. The Bertz CT molecular complexity index is 103. The molecular formula is C12H30ClCuN6. The molecule has 0 bridgehead atoms. The van der Waals surface area contributed by atoms with Crippen LogP contribution in [0.3, 0.4) is 0 Å². The first-order valence-electron chi connectivity index (χ1n) is 7.24. The summed E-state index contributed by atoms with van der Waals surface area (Å²) in [4.78, 5) is 0. The van der Waals surface area contributed by atoms with Crippen LogP contribution in [0, 0.1) is 0 Å². The van der Waals surface area contributed by atoms with E-state index in [2.05, 4.69) is 31.9 Å². The molecule has 0 aliphatic carbocycles. The van der Waals surface area contributed by atoms with E-state index in [1.807, 2.05) is 0 Å². The van der Waals surface area contributed by atoms with Gasteiger partial charge < -0.3 is 44.3 Å². The summed E-state index contributed by atoms with van der Waals surface area (Å²) in [5, 5.41) is 20.5. The van der Waals surface area contributed by atoms with E-state index in [1.165, 1.54) is 0 Å². The van der Waals surface area contributed by atoms with Crippen LogP contribution in [0.5, 0.6) is 0 Å². The van der Waals surface area contributed by atoms with Gasteiger partial charge in [-0.05, 0) is 0 Å². The maximum Gasteiger partial charge on any atom is 1.00 e. The molecule has 0 unspecified atom stereocenters. The number of hydrogen-bond donors (Lipinski definition) is 6. The van der Waals surface area contributed by atoms with Crippen molar-refractivity contribution in [1.82, 2.24) is 31.9 Å². The molecule has 0 radical (unpaired) electrons. The summed E-state index contributed by atoms with van der Waals surface area (Å²) in [7, 11) is 0. The molecule has 8 heteroatoms. The Morgan fingerprint density at radius 3 is 0.500 bits per heavy atom. The maximum atomic E-state index is 3.41. The van der Waals surface area contributed by atoms with Crippen molar-refractivity contribution in [1.29, 1.82) is 0 Å². The largest absolute Gasteiger partial charge is 1.00 e. The van der Waals surface area contributed by atoms with E-state index in [-0.39, 0.29) is 29.5 Å². The first-order valence-corrected chi connectivity index (χ1v) is 7.24. The molecule has 6 N–H and O–H groups in total. The summed E-state index contributed by atoms with van der Waals surface area (Å²) in [6, 6.07) is 0. The third-order valence-corrected chi connectivity index (χ3v) is 2.87. The molecule has 1 aliphatic heterocycles. The zero-order chi connectivity index (χ0) is 12.7. The van der Waals surface area contributed by atoms with Crippen LogP contribution >= 0.6 is 0 Å². The van der Waals surface area contributed by atoms with Crippen LogP contribution in [0.15, 0.2) is 0 Å². The van der Waals surface area contributed by atoms with E-state index in [0.717, 1.165) is 78.5 Å². The summed E-state index contributed by atoms with van der Waals surface area (Å²) in [5.74, 6) is 0. The Hall–Kier alpha value is 0.569. The van der Waals surface area contributed by atoms with Gasteiger partial charge in [0.05, 0.1) is 0 Å². The summed E-state index contributed by atoms with van der Waals surface area (Å²) in [6.07, 6.45) is 0. The van der Waals surface area contributed by atoms with Crippen LogP contribution in [0.2, 0.25) is 0 Å². The third-order valence-electron chi connectivity index (χ3n) is 2.87. The van der Waals surface area contributed by atoms with Crippen LogP contribution in [0.25, 0.3) is 0 Å². The fourth-order valence-corrected chi connectivity index (χ4v) is 1.81. The van der Waals surface area contributed by atoms with Gasteiger partial charge in [-0.15, -0.1) is 0 Å². The monoisotopic (exact) mass is 356 g/mol. The molecule has 6 nitrogen and oxygen atoms in total. The van der Waals surface area contributed by atoms with E-state index in [1.54, 1.807) is 0 Å². The molecule has 0 aromatic rings. The summed E-state index contributed by atoms with van der Waals surface area (Å²) < 4.78 is 0. The Kier molecular flexibility index (Phi) is 22.4. The fourth-order valence-electron chi connectivity index (χ4n) is 1.81. The van der Waals surface area contributed by atoms with Gasteiger partial charge in [0.1, 0.15) is 0 Å². The average molecular weight is 357 g/mol. The molecule has 1 saturated heterocycles. The van der Waals surface area contributed by atoms with Gasteiger partial charge in [-0.2, -0.15) is 0 Å². The van der Waals surface area contributed by atoms with Crippen molar-refractivity contribution < 1.29 is 29.5 Å². The zero-order valence-corrected chi connectivity index (χ0v) is 13.9. The van der Waals surface area contributed by atoms with Gasteiger partial charge in [-0.3, -0.25) is 0 Å². The van der Waals surface area contributed by atoms with Crippen LogP contribution in [0.4, 0.5) is 0 Å². The first kappa shape index (κ1) is 22.8. The minimum atomic E-state index is 0. The van der Waals surface area contributed by atoms with E-state index in [9.17, 15) is 0 Å². The molecule has 0 atom stereocenters. The number of nitrogens with one attached hydrogen (secondary N) is 6. The van der Waals surface area contributed by atoms with Crippen LogP contribution < -0.4 is 44.3 Å². The summed E-state index contributed by atoms with van der Waals surface area (Å²) >= 11 is 0. The SMILES string of the molecule is C1CNCCNCCNCCNCCNCCN1.[Cl-].[Cu+]. The predicted molar refractivity (Wildman–Crippen MR) is 77.2 cm³/mol. The van der Waals surface area contributed by atoms with Gasteiger partial charge in [-0.1, -0.05) is 0 Å². The van der Waals surface area contributed by atoms with Gasteiger partial charge >= 0.3 is 17.1 Å². The Balaban J connectivity index is 0. The zero-order valence-electron chi connectivity index (χ0n) is 12.2. The van der Waals surface area contributed by atoms with Crippen molar-refractivity contribution in [2.24, 2.45) is 0 Å². The minimum absolute atomic E-state index is 0. The minimum Gasteiger partial charge on any atom is -1.00 e. The second kappa shape index (κ2) is 19.6. The van der Waals surface area contributed by atoms with Crippen molar-refractivity contribution in [2.75, 3.05) is 78.5 Å². The third kappa shape index (κ3) is 16.6. The molecule has 0 aromatic carbocycles. The second-order valence-corrected chi connectivity index (χ2v) is 4.50. The Morgan fingerprint density at radius 1 is 0.300 bits per heavy atom. The number of halogens is 1. The number of rotatable bonds is 0. The van der Waals surface area contributed by atoms with Crippen LogP contribution in [0.1, 0.15) is 0 Å². The fraction of sp³-hybridized carbons (Fsp3) is 1.00. The second-order valence-electron chi connectivity index (χ2n) is 4.50. The van der Waals surface area contributed by atoms with Crippen molar-refractivity contribution in [3.05, 3.63) is 0 Å². The quantitative estimate of drug-likeness (QED) is 0.243. The van der Waals surface area contributed by atoms with Crippen molar-refractivity contribution in [3.8, 4) is 0 Å². The van der Waals surface area contributed by atoms with Gasteiger partial charge in [0.2, 0.25) is 0 Å². The van der Waals surface area contributed by atoms with Crippen molar-refractivity contribution >= 4 is 0 Å². The molecule has 0 spiro atoms. The summed E-state index contributed by atoms with van der Waals surface area (Å²) in [6.45, 7) is 12.5. The molecule has 1 aliphatic rings. The molecule has 126 valence electrons. The number of hydrogen-bond acceptors (Lipinski definition) is 6. The molecule has 1 rings (SSSR count). The summed E-state index contributed by atoms with van der Waals surface area (Å²) in [5.41, 5.74) is 0. The van der Waals surface area contributed by atoms with Crippen molar-refractivity contribution in [3.63, 3.8) is 0 Å². The molecule has 0 aromatic heterocycles. The smallest absolute Gasteiger partial charge is 1.00 e. The van der Waals surface area contributed by atoms with Gasteiger partial charge in [0, 0.05) is 78.5 Å². The van der Waals surface area contributed by atoms with Crippen LogP contribution in [-0.4, -0.2) is 78.5 Å². The predicted octanol–water partition coefficient (Wildman–Crippen LogP) is -5.46. The topological polar surface area (TPSA) is 72.2 Å². The van der Waals surface area contributed by atoms with Gasteiger partial charge in [0.25, 0.3) is 0 Å². The molecular weight excluding hydrogens is 327 g/mol. The molecule has 1 heterocycles. The van der Waals surface area contributed by atoms with Gasteiger partial charge in [0.15, 0.2) is 0 Å².